The van der Waals surface area contributed by atoms with Crippen molar-refractivity contribution in [3.05, 3.63) is 59.4 Å². The molecule has 1 aromatic heterocycles. The minimum absolute atomic E-state index is 0.403. The third-order valence-corrected chi connectivity index (χ3v) is 5.33. The number of fused-ring (bicyclic) bond motifs is 1. The minimum atomic E-state index is 0.403. The zero-order valence-corrected chi connectivity index (χ0v) is 15.9. The highest BCUT2D eigenvalue weighted by molar-refractivity contribution is 5.97. The normalized spacial score (nSPS) is 15.4. The van der Waals surface area contributed by atoms with Crippen molar-refractivity contribution in [1.82, 2.24) is 15.2 Å². The Morgan fingerprint density at radius 3 is 2.67 bits per heavy atom. The van der Waals surface area contributed by atoms with Gasteiger partial charge in [0.2, 0.25) is 0 Å². The molecule has 1 aliphatic rings. The van der Waals surface area contributed by atoms with Crippen molar-refractivity contribution in [1.29, 1.82) is 5.26 Å². The average Bonchev–Trinajstić information content (AvgIpc) is 3.16. The zero-order valence-electron chi connectivity index (χ0n) is 15.9. The van der Waals surface area contributed by atoms with Crippen LogP contribution in [0.3, 0.4) is 0 Å². The smallest absolute Gasteiger partial charge is 0.0998 e. The maximum atomic E-state index is 9.46. The molecule has 3 aromatic rings. The van der Waals surface area contributed by atoms with Gasteiger partial charge in [-0.15, -0.1) is 0 Å². The fraction of sp³-hybridized carbons (Fsp3) is 0.364. The van der Waals surface area contributed by atoms with E-state index in [1.165, 1.54) is 24.1 Å². The molecule has 2 aromatic carbocycles. The molecular formula is C22H25N5. The van der Waals surface area contributed by atoms with Crippen LogP contribution in [0, 0.1) is 11.3 Å². The van der Waals surface area contributed by atoms with E-state index in [1.807, 2.05) is 30.5 Å². The number of aromatic nitrogens is 2. The molecule has 0 radical (unpaired) electrons. The Bertz CT molecular complexity index is 982. The van der Waals surface area contributed by atoms with Gasteiger partial charge in [-0.3, -0.25) is 5.10 Å². The second kappa shape index (κ2) is 7.42. The van der Waals surface area contributed by atoms with Crippen LogP contribution in [0.25, 0.3) is 10.8 Å². The van der Waals surface area contributed by atoms with E-state index in [4.69, 9.17) is 0 Å². The van der Waals surface area contributed by atoms with Gasteiger partial charge >= 0.3 is 0 Å². The van der Waals surface area contributed by atoms with Gasteiger partial charge in [0.15, 0.2) is 0 Å². The Hall–Kier alpha value is -2.84. The monoisotopic (exact) mass is 359 g/mol. The van der Waals surface area contributed by atoms with E-state index in [9.17, 15) is 5.26 Å². The summed E-state index contributed by atoms with van der Waals surface area (Å²) in [7, 11) is 0. The molecule has 1 N–H and O–H groups in total. The quantitative estimate of drug-likeness (QED) is 0.741. The van der Waals surface area contributed by atoms with Crippen molar-refractivity contribution >= 4 is 16.5 Å². The predicted molar refractivity (Wildman–Crippen MR) is 108 cm³/mol. The number of benzene rings is 2. The first kappa shape index (κ1) is 17.6. The van der Waals surface area contributed by atoms with Crippen molar-refractivity contribution in [3.63, 3.8) is 0 Å². The first-order valence-corrected chi connectivity index (χ1v) is 9.66. The summed E-state index contributed by atoms with van der Waals surface area (Å²) < 4.78 is 0. The molecule has 1 saturated heterocycles. The lowest BCUT2D eigenvalue weighted by atomic mass is 10.0. The van der Waals surface area contributed by atoms with Crippen LogP contribution in [0.1, 0.15) is 49.4 Å². The molecule has 5 nitrogen and oxygen atoms in total. The number of aromatic amines is 1. The molecule has 0 amide bonds. The SMILES string of the molecule is CC(C)c1n[nH]cc1CN1CCCCN1c1ccc(C#N)c2ccccc12. The summed E-state index contributed by atoms with van der Waals surface area (Å²) in [5, 5.41) is 23.9. The Morgan fingerprint density at radius 1 is 1.11 bits per heavy atom. The molecule has 4 rings (SSSR count). The highest BCUT2D eigenvalue weighted by atomic mass is 15.6. The summed E-state index contributed by atoms with van der Waals surface area (Å²) in [6.07, 6.45) is 4.39. The van der Waals surface area contributed by atoms with Gasteiger partial charge in [-0.25, -0.2) is 5.01 Å². The van der Waals surface area contributed by atoms with Gasteiger partial charge in [-0.1, -0.05) is 38.1 Å². The van der Waals surface area contributed by atoms with Gasteiger partial charge in [0.1, 0.15) is 0 Å². The molecule has 2 heterocycles. The molecule has 1 fully saturated rings. The van der Waals surface area contributed by atoms with Crippen molar-refractivity contribution in [2.75, 3.05) is 18.1 Å². The second-order valence-electron chi connectivity index (χ2n) is 7.46. The zero-order chi connectivity index (χ0) is 18.8. The van der Waals surface area contributed by atoms with E-state index >= 15 is 0 Å². The highest BCUT2D eigenvalue weighted by Crippen LogP contribution is 2.33. The summed E-state index contributed by atoms with van der Waals surface area (Å²) in [5.41, 5.74) is 4.31. The van der Waals surface area contributed by atoms with Gasteiger partial charge in [-0.05, 0) is 30.9 Å². The van der Waals surface area contributed by atoms with Gasteiger partial charge in [0, 0.05) is 42.2 Å². The van der Waals surface area contributed by atoms with Crippen LogP contribution >= 0.6 is 0 Å². The van der Waals surface area contributed by atoms with Crippen molar-refractivity contribution in [3.8, 4) is 6.07 Å². The maximum absolute atomic E-state index is 9.46. The summed E-state index contributed by atoms with van der Waals surface area (Å²) in [4.78, 5) is 0. The largest absolute Gasteiger partial charge is 0.305 e. The minimum Gasteiger partial charge on any atom is -0.305 e. The highest BCUT2D eigenvalue weighted by Gasteiger charge is 2.24. The third-order valence-electron chi connectivity index (χ3n) is 5.33. The molecule has 5 heteroatoms. The van der Waals surface area contributed by atoms with E-state index in [-0.39, 0.29) is 0 Å². The van der Waals surface area contributed by atoms with Crippen LogP contribution in [0.2, 0.25) is 0 Å². The van der Waals surface area contributed by atoms with Crippen LogP contribution in [0.5, 0.6) is 0 Å². The van der Waals surface area contributed by atoms with Gasteiger partial charge in [-0.2, -0.15) is 10.4 Å². The van der Waals surface area contributed by atoms with Crippen LogP contribution < -0.4 is 5.01 Å². The number of H-pyrrole nitrogens is 1. The van der Waals surface area contributed by atoms with E-state index in [2.05, 4.69) is 52.3 Å². The maximum Gasteiger partial charge on any atom is 0.0998 e. The van der Waals surface area contributed by atoms with Crippen LogP contribution in [-0.2, 0) is 6.54 Å². The lowest BCUT2D eigenvalue weighted by Crippen LogP contribution is -2.47. The first-order chi connectivity index (χ1) is 13.2. The van der Waals surface area contributed by atoms with Crippen molar-refractivity contribution in [2.24, 2.45) is 0 Å². The molecule has 138 valence electrons. The fourth-order valence-electron chi connectivity index (χ4n) is 4.01. The molecule has 0 bridgehead atoms. The van der Waals surface area contributed by atoms with Gasteiger partial charge in [0.05, 0.1) is 23.0 Å². The van der Waals surface area contributed by atoms with Crippen LogP contribution in [0.15, 0.2) is 42.6 Å². The molecule has 0 unspecified atom stereocenters. The lowest BCUT2D eigenvalue weighted by molar-refractivity contribution is 0.204. The standard InChI is InChI=1S/C22H25N5/c1-16(2)22-18(14-24-25-22)15-26-11-5-6-12-27(26)21-10-9-17(13-23)19-7-3-4-8-20(19)21/h3-4,7-10,14,16H,5-6,11-12,15H2,1-2H3,(H,24,25). The molecule has 0 aliphatic carbocycles. The average molecular weight is 359 g/mol. The topological polar surface area (TPSA) is 59.0 Å². The summed E-state index contributed by atoms with van der Waals surface area (Å²) in [6, 6.07) is 14.6. The molecule has 0 atom stereocenters. The second-order valence-corrected chi connectivity index (χ2v) is 7.46. The summed E-state index contributed by atoms with van der Waals surface area (Å²) in [6.45, 7) is 7.23. The molecular weight excluding hydrogens is 334 g/mol. The number of hydrogen-bond donors (Lipinski definition) is 1. The number of hydrogen-bond acceptors (Lipinski definition) is 4. The fourth-order valence-corrected chi connectivity index (χ4v) is 4.01. The van der Waals surface area contributed by atoms with E-state index in [1.54, 1.807) is 0 Å². The molecule has 27 heavy (non-hydrogen) atoms. The Morgan fingerprint density at radius 2 is 1.89 bits per heavy atom. The number of rotatable bonds is 4. The number of anilines is 1. The van der Waals surface area contributed by atoms with Crippen LogP contribution in [0.4, 0.5) is 5.69 Å². The summed E-state index contributed by atoms with van der Waals surface area (Å²) >= 11 is 0. The van der Waals surface area contributed by atoms with Gasteiger partial charge < -0.3 is 5.01 Å². The van der Waals surface area contributed by atoms with Crippen LogP contribution in [-0.4, -0.2) is 28.3 Å². The van der Waals surface area contributed by atoms with E-state index in [0.29, 0.717) is 5.92 Å². The van der Waals surface area contributed by atoms with E-state index < -0.39 is 0 Å². The Balaban J connectivity index is 1.72. The van der Waals surface area contributed by atoms with E-state index in [0.717, 1.165) is 41.7 Å². The molecule has 0 saturated carbocycles. The Labute approximate surface area is 160 Å². The number of hydrazine groups is 1. The molecule has 0 spiro atoms. The third kappa shape index (κ3) is 3.29. The van der Waals surface area contributed by atoms with Gasteiger partial charge in [0.25, 0.3) is 0 Å². The van der Waals surface area contributed by atoms with Crippen molar-refractivity contribution in [2.45, 2.75) is 39.2 Å². The first-order valence-electron chi connectivity index (χ1n) is 9.66. The Kier molecular flexibility index (Phi) is 4.83. The molecule has 1 aliphatic heterocycles. The predicted octanol–water partition coefficient (Wildman–Crippen LogP) is 4.58. The van der Waals surface area contributed by atoms with Crippen molar-refractivity contribution < 1.29 is 0 Å². The number of nitriles is 1. The summed E-state index contributed by atoms with van der Waals surface area (Å²) in [5.74, 6) is 0.403. The number of nitrogens with zero attached hydrogens (tertiary/aromatic N) is 4. The number of nitrogens with one attached hydrogen (secondary N) is 1. The lowest BCUT2D eigenvalue weighted by Gasteiger charge is -2.41.